The second-order valence-electron chi connectivity index (χ2n) is 2.28. The number of aryl methyl sites for hydroxylation is 1. The molecule has 3 heteroatoms. The number of rotatable bonds is 1. The predicted octanol–water partition coefficient (Wildman–Crippen LogP) is 2.43. The van der Waals surface area contributed by atoms with Crippen LogP contribution < -0.4 is 4.74 Å². The van der Waals surface area contributed by atoms with Crippen LogP contribution in [0.5, 0.6) is 5.75 Å². The Labute approximate surface area is 70.6 Å². The second-order valence-corrected chi connectivity index (χ2v) is 2.76. The molecule has 1 aromatic carbocycles. The van der Waals surface area contributed by atoms with E-state index >= 15 is 0 Å². The standard InChI is InChI=1S/C8H9FOS/c1-5-3-6(10-2)4-7(11)8(5)9/h3-4,11H,1-2H3. The van der Waals surface area contributed by atoms with Crippen molar-refractivity contribution in [1.29, 1.82) is 0 Å². The molecule has 0 fully saturated rings. The molecule has 0 amide bonds. The Kier molecular flexibility index (Phi) is 2.39. The van der Waals surface area contributed by atoms with Gasteiger partial charge in [-0.2, -0.15) is 0 Å². The zero-order valence-electron chi connectivity index (χ0n) is 6.39. The summed E-state index contributed by atoms with van der Waals surface area (Å²) in [5.41, 5.74) is 0.550. The largest absolute Gasteiger partial charge is 0.497 e. The summed E-state index contributed by atoms with van der Waals surface area (Å²) >= 11 is 3.94. The van der Waals surface area contributed by atoms with Crippen molar-refractivity contribution in [2.75, 3.05) is 7.11 Å². The number of methoxy groups -OCH3 is 1. The summed E-state index contributed by atoms with van der Waals surface area (Å²) in [6.45, 7) is 1.68. The first-order valence-electron chi connectivity index (χ1n) is 3.18. The first-order valence-corrected chi connectivity index (χ1v) is 3.63. The zero-order chi connectivity index (χ0) is 8.43. The molecule has 0 aromatic heterocycles. The molecule has 0 unspecified atom stereocenters. The maximum atomic E-state index is 12.9. The van der Waals surface area contributed by atoms with Crippen molar-refractivity contribution in [3.8, 4) is 5.75 Å². The fourth-order valence-electron chi connectivity index (χ4n) is 0.836. The molecular formula is C8H9FOS. The molecule has 0 bridgehead atoms. The number of ether oxygens (including phenoxy) is 1. The summed E-state index contributed by atoms with van der Waals surface area (Å²) in [5, 5.41) is 0. The molecule has 60 valence electrons. The van der Waals surface area contributed by atoms with Gasteiger partial charge in [0.2, 0.25) is 0 Å². The number of thiol groups is 1. The van der Waals surface area contributed by atoms with Gasteiger partial charge >= 0.3 is 0 Å². The molecular weight excluding hydrogens is 163 g/mol. The van der Waals surface area contributed by atoms with Crippen molar-refractivity contribution in [3.05, 3.63) is 23.5 Å². The van der Waals surface area contributed by atoms with E-state index in [2.05, 4.69) is 12.6 Å². The Bertz CT molecular complexity index is 250. The molecule has 1 aromatic rings. The van der Waals surface area contributed by atoms with Crippen molar-refractivity contribution in [2.45, 2.75) is 11.8 Å². The Hall–Kier alpha value is -0.700. The minimum Gasteiger partial charge on any atom is -0.497 e. The van der Waals surface area contributed by atoms with Crippen LogP contribution in [-0.4, -0.2) is 7.11 Å². The molecule has 0 radical (unpaired) electrons. The zero-order valence-corrected chi connectivity index (χ0v) is 7.28. The number of hydrogen-bond acceptors (Lipinski definition) is 2. The van der Waals surface area contributed by atoms with Crippen molar-refractivity contribution in [3.63, 3.8) is 0 Å². The lowest BCUT2D eigenvalue weighted by atomic mass is 10.2. The van der Waals surface area contributed by atoms with Gasteiger partial charge in [0.05, 0.1) is 7.11 Å². The molecule has 11 heavy (non-hydrogen) atoms. The van der Waals surface area contributed by atoms with E-state index < -0.39 is 0 Å². The highest BCUT2D eigenvalue weighted by Gasteiger charge is 2.03. The van der Waals surface area contributed by atoms with Crippen molar-refractivity contribution < 1.29 is 9.13 Å². The summed E-state index contributed by atoms with van der Waals surface area (Å²) in [7, 11) is 1.54. The number of benzene rings is 1. The van der Waals surface area contributed by atoms with E-state index in [4.69, 9.17) is 4.74 Å². The van der Waals surface area contributed by atoms with Gasteiger partial charge < -0.3 is 4.74 Å². The number of hydrogen-bond donors (Lipinski definition) is 1. The highest BCUT2D eigenvalue weighted by molar-refractivity contribution is 7.80. The molecule has 0 spiro atoms. The van der Waals surface area contributed by atoms with Gasteiger partial charge in [-0.25, -0.2) is 4.39 Å². The molecule has 1 rings (SSSR count). The molecule has 0 saturated carbocycles. The molecule has 0 N–H and O–H groups in total. The van der Waals surface area contributed by atoms with Gasteiger partial charge in [0, 0.05) is 4.90 Å². The Morgan fingerprint density at radius 1 is 1.45 bits per heavy atom. The van der Waals surface area contributed by atoms with E-state index in [1.807, 2.05) is 0 Å². The normalized spacial score (nSPS) is 9.82. The predicted molar refractivity (Wildman–Crippen MR) is 44.9 cm³/mol. The Morgan fingerprint density at radius 3 is 2.55 bits per heavy atom. The number of halogens is 1. The van der Waals surface area contributed by atoms with Gasteiger partial charge in [-0.1, -0.05) is 0 Å². The minimum atomic E-state index is -0.283. The van der Waals surface area contributed by atoms with Crippen LogP contribution in [0.25, 0.3) is 0 Å². The lowest BCUT2D eigenvalue weighted by molar-refractivity contribution is 0.411. The lowest BCUT2D eigenvalue weighted by Crippen LogP contribution is -1.88. The third-order valence-electron chi connectivity index (χ3n) is 1.44. The molecule has 0 aliphatic carbocycles. The molecule has 0 atom stereocenters. The van der Waals surface area contributed by atoms with Crippen LogP contribution >= 0.6 is 12.6 Å². The van der Waals surface area contributed by atoms with E-state index in [0.717, 1.165) is 0 Å². The Balaban J connectivity index is 3.21. The van der Waals surface area contributed by atoms with Crippen LogP contribution in [0.1, 0.15) is 5.56 Å². The second kappa shape index (κ2) is 3.13. The third-order valence-corrected chi connectivity index (χ3v) is 1.77. The first-order chi connectivity index (χ1) is 5.15. The summed E-state index contributed by atoms with van der Waals surface area (Å²) < 4.78 is 17.8. The van der Waals surface area contributed by atoms with Crippen LogP contribution in [0.2, 0.25) is 0 Å². The van der Waals surface area contributed by atoms with E-state index in [-0.39, 0.29) is 5.82 Å². The molecule has 0 heterocycles. The van der Waals surface area contributed by atoms with Gasteiger partial charge in [-0.15, -0.1) is 12.6 Å². The molecule has 0 aliphatic heterocycles. The first kappa shape index (κ1) is 8.40. The van der Waals surface area contributed by atoms with Gasteiger partial charge in [0.1, 0.15) is 11.6 Å². The van der Waals surface area contributed by atoms with Crippen molar-refractivity contribution in [2.24, 2.45) is 0 Å². The highest BCUT2D eigenvalue weighted by Crippen LogP contribution is 2.22. The fourth-order valence-corrected chi connectivity index (χ4v) is 1.14. The van der Waals surface area contributed by atoms with E-state index in [9.17, 15) is 4.39 Å². The maximum Gasteiger partial charge on any atom is 0.139 e. The smallest absolute Gasteiger partial charge is 0.139 e. The molecule has 0 saturated heterocycles. The van der Waals surface area contributed by atoms with Gasteiger partial charge in [0.15, 0.2) is 0 Å². The van der Waals surface area contributed by atoms with E-state index in [1.165, 1.54) is 0 Å². The molecule has 1 nitrogen and oxygen atoms in total. The van der Waals surface area contributed by atoms with E-state index in [1.54, 1.807) is 26.2 Å². The van der Waals surface area contributed by atoms with E-state index in [0.29, 0.717) is 16.2 Å². The van der Waals surface area contributed by atoms with Gasteiger partial charge in [0.25, 0.3) is 0 Å². The third kappa shape index (κ3) is 1.66. The summed E-state index contributed by atoms with van der Waals surface area (Å²) in [5.74, 6) is 0.350. The SMILES string of the molecule is COc1cc(C)c(F)c(S)c1. The summed E-state index contributed by atoms with van der Waals surface area (Å²) in [6, 6.07) is 3.18. The topological polar surface area (TPSA) is 9.23 Å². The van der Waals surface area contributed by atoms with Crippen LogP contribution in [0, 0.1) is 12.7 Å². The average molecular weight is 172 g/mol. The fraction of sp³-hybridized carbons (Fsp3) is 0.250. The quantitative estimate of drug-likeness (QED) is 0.640. The van der Waals surface area contributed by atoms with Gasteiger partial charge in [-0.3, -0.25) is 0 Å². The lowest BCUT2D eigenvalue weighted by Gasteiger charge is -2.03. The van der Waals surface area contributed by atoms with Crippen LogP contribution in [-0.2, 0) is 0 Å². The van der Waals surface area contributed by atoms with Crippen LogP contribution in [0.15, 0.2) is 17.0 Å². The van der Waals surface area contributed by atoms with Gasteiger partial charge in [-0.05, 0) is 24.6 Å². The monoisotopic (exact) mass is 172 g/mol. The summed E-state index contributed by atoms with van der Waals surface area (Å²) in [6.07, 6.45) is 0. The Morgan fingerprint density at radius 2 is 2.09 bits per heavy atom. The molecule has 0 aliphatic rings. The maximum absolute atomic E-state index is 12.9. The van der Waals surface area contributed by atoms with Crippen LogP contribution in [0.3, 0.4) is 0 Å². The highest BCUT2D eigenvalue weighted by atomic mass is 32.1. The van der Waals surface area contributed by atoms with Crippen LogP contribution in [0.4, 0.5) is 4.39 Å². The average Bonchev–Trinajstić information content (AvgIpc) is 1.99. The minimum absolute atomic E-state index is 0.283. The van der Waals surface area contributed by atoms with Crippen molar-refractivity contribution in [1.82, 2.24) is 0 Å². The summed E-state index contributed by atoms with van der Waals surface area (Å²) in [4.78, 5) is 0.321. The van der Waals surface area contributed by atoms with Crippen molar-refractivity contribution >= 4 is 12.6 Å².